The maximum absolute atomic E-state index is 12.4. The summed E-state index contributed by atoms with van der Waals surface area (Å²) < 4.78 is 11.4. The number of carbonyl (C=O) groups is 1. The number of para-hydroxylation sites is 2. The number of fused-ring (bicyclic) bond motifs is 2. The lowest BCUT2D eigenvalue weighted by Crippen LogP contribution is -2.10. The maximum Gasteiger partial charge on any atom is 0.293 e. The zero-order chi connectivity index (χ0) is 17.5. The Kier molecular flexibility index (Phi) is 3.36. The average Bonchev–Trinajstić information content (AvgIpc) is 3.38. The van der Waals surface area contributed by atoms with Crippen molar-refractivity contribution in [2.45, 2.75) is 0 Å². The summed E-state index contributed by atoms with van der Waals surface area (Å²) in [4.78, 5) is 16.9. The van der Waals surface area contributed by atoms with Gasteiger partial charge in [-0.15, -0.1) is 11.3 Å². The van der Waals surface area contributed by atoms with Gasteiger partial charge in [-0.3, -0.25) is 10.1 Å². The second kappa shape index (κ2) is 5.86. The van der Waals surface area contributed by atoms with E-state index in [0.717, 1.165) is 16.4 Å². The highest BCUT2D eigenvalue weighted by Gasteiger charge is 2.15. The van der Waals surface area contributed by atoms with Gasteiger partial charge >= 0.3 is 0 Å². The second-order valence-electron chi connectivity index (χ2n) is 5.79. The van der Waals surface area contributed by atoms with E-state index in [2.05, 4.69) is 10.3 Å². The van der Waals surface area contributed by atoms with Gasteiger partial charge in [0.25, 0.3) is 5.91 Å². The molecule has 3 heterocycles. The SMILES string of the molecule is O=C(Nc1nc(-c2cc3ccccc3o2)cs1)c1cc2ccccc2o1. The first-order valence-electron chi connectivity index (χ1n) is 8.01. The topological polar surface area (TPSA) is 68.3 Å². The van der Waals surface area contributed by atoms with E-state index in [9.17, 15) is 4.79 Å². The molecule has 6 heteroatoms. The van der Waals surface area contributed by atoms with Crippen molar-refractivity contribution in [3.63, 3.8) is 0 Å². The van der Waals surface area contributed by atoms with E-state index in [1.54, 1.807) is 6.07 Å². The molecule has 0 radical (unpaired) electrons. The summed E-state index contributed by atoms with van der Waals surface area (Å²) in [6.07, 6.45) is 0. The predicted octanol–water partition coefficient (Wildman–Crippen LogP) is 5.55. The van der Waals surface area contributed by atoms with Gasteiger partial charge in [-0.05, 0) is 24.3 Å². The highest BCUT2D eigenvalue weighted by atomic mass is 32.1. The molecule has 5 rings (SSSR count). The van der Waals surface area contributed by atoms with Gasteiger partial charge in [0.2, 0.25) is 0 Å². The predicted molar refractivity (Wildman–Crippen MR) is 101 cm³/mol. The standard InChI is InChI=1S/C20H12N2O3S/c23-19(18-10-13-6-2-4-8-16(13)25-18)22-20-21-14(11-26-20)17-9-12-5-1-3-7-15(12)24-17/h1-11H,(H,21,22,23). The number of benzene rings is 2. The van der Waals surface area contributed by atoms with E-state index in [1.165, 1.54) is 11.3 Å². The largest absolute Gasteiger partial charge is 0.454 e. The number of aromatic nitrogens is 1. The fraction of sp³-hybridized carbons (Fsp3) is 0. The Morgan fingerprint density at radius 1 is 0.923 bits per heavy atom. The van der Waals surface area contributed by atoms with E-state index < -0.39 is 0 Å². The molecule has 0 bridgehead atoms. The minimum absolute atomic E-state index is 0.256. The number of furan rings is 2. The van der Waals surface area contributed by atoms with Crippen molar-refractivity contribution in [1.82, 2.24) is 4.98 Å². The van der Waals surface area contributed by atoms with Gasteiger partial charge in [0.05, 0.1) is 0 Å². The summed E-state index contributed by atoms with van der Waals surface area (Å²) in [5.41, 5.74) is 2.18. The highest BCUT2D eigenvalue weighted by Crippen LogP contribution is 2.30. The van der Waals surface area contributed by atoms with Crippen molar-refractivity contribution in [3.8, 4) is 11.5 Å². The van der Waals surface area contributed by atoms with E-state index in [0.29, 0.717) is 22.2 Å². The van der Waals surface area contributed by atoms with Crippen molar-refractivity contribution >= 4 is 44.3 Å². The molecule has 0 spiro atoms. The summed E-state index contributed by atoms with van der Waals surface area (Å²) in [6, 6.07) is 18.9. The Labute approximate surface area is 151 Å². The Morgan fingerprint density at radius 3 is 2.35 bits per heavy atom. The molecule has 1 N–H and O–H groups in total. The van der Waals surface area contributed by atoms with E-state index >= 15 is 0 Å². The molecular formula is C20H12N2O3S. The van der Waals surface area contributed by atoms with Crippen LogP contribution in [0.2, 0.25) is 0 Å². The third kappa shape index (κ3) is 2.57. The normalized spacial score (nSPS) is 11.2. The first kappa shape index (κ1) is 14.9. The number of carbonyl (C=O) groups excluding carboxylic acids is 1. The van der Waals surface area contributed by atoms with Crippen LogP contribution >= 0.6 is 11.3 Å². The molecule has 5 aromatic rings. The monoisotopic (exact) mass is 360 g/mol. The number of nitrogens with one attached hydrogen (secondary N) is 1. The zero-order valence-corrected chi connectivity index (χ0v) is 14.2. The van der Waals surface area contributed by atoms with Crippen LogP contribution in [0.15, 0.2) is 74.9 Å². The van der Waals surface area contributed by atoms with Gasteiger partial charge in [-0.25, -0.2) is 4.98 Å². The smallest absolute Gasteiger partial charge is 0.293 e. The fourth-order valence-corrected chi connectivity index (χ4v) is 3.50. The van der Waals surface area contributed by atoms with E-state index in [-0.39, 0.29) is 11.7 Å². The lowest BCUT2D eigenvalue weighted by atomic mass is 10.2. The van der Waals surface area contributed by atoms with E-state index in [1.807, 2.05) is 60.0 Å². The van der Waals surface area contributed by atoms with Gasteiger partial charge in [0.15, 0.2) is 16.7 Å². The molecule has 3 aromatic heterocycles. The van der Waals surface area contributed by atoms with Crippen LogP contribution in [-0.2, 0) is 0 Å². The molecule has 0 fully saturated rings. The van der Waals surface area contributed by atoms with E-state index in [4.69, 9.17) is 8.83 Å². The van der Waals surface area contributed by atoms with Crippen molar-refractivity contribution < 1.29 is 13.6 Å². The van der Waals surface area contributed by atoms with Crippen LogP contribution in [0.1, 0.15) is 10.6 Å². The molecule has 0 unspecified atom stereocenters. The molecule has 1 amide bonds. The van der Waals surface area contributed by atoms with Gasteiger partial charge in [-0.2, -0.15) is 0 Å². The summed E-state index contributed by atoms with van der Waals surface area (Å²) in [6.45, 7) is 0. The maximum atomic E-state index is 12.4. The number of hydrogen-bond donors (Lipinski definition) is 1. The van der Waals surface area contributed by atoms with Crippen molar-refractivity contribution in [2.75, 3.05) is 5.32 Å². The summed E-state index contributed by atoms with van der Waals surface area (Å²) >= 11 is 1.34. The first-order valence-corrected chi connectivity index (χ1v) is 8.89. The van der Waals surface area contributed by atoms with Crippen LogP contribution in [0.25, 0.3) is 33.4 Å². The van der Waals surface area contributed by atoms with Crippen LogP contribution in [-0.4, -0.2) is 10.9 Å². The summed E-state index contributed by atoms with van der Waals surface area (Å²) in [5, 5.41) is 7.03. The number of amides is 1. The first-order chi connectivity index (χ1) is 12.8. The van der Waals surface area contributed by atoms with Crippen LogP contribution in [0.4, 0.5) is 5.13 Å². The second-order valence-corrected chi connectivity index (χ2v) is 6.65. The molecule has 2 aromatic carbocycles. The Morgan fingerprint density at radius 2 is 1.62 bits per heavy atom. The van der Waals surface area contributed by atoms with Crippen LogP contribution in [0.3, 0.4) is 0 Å². The number of nitrogens with zero attached hydrogens (tertiary/aromatic N) is 1. The Bertz CT molecular complexity index is 1180. The molecule has 0 saturated carbocycles. The van der Waals surface area contributed by atoms with Gasteiger partial charge in [0.1, 0.15) is 16.9 Å². The number of rotatable bonds is 3. The molecule has 0 aliphatic carbocycles. The Balaban J connectivity index is 1.40. The molecular weight excluding hydrogens is 348 g/mol. The molecule has 0 aliphatic heterocycles. The summed E-state index contributed by atoms with van der Waals surface area (Å²) in [5.74, 6) is 0.602. The highest BCUT2D eigenvalue weighted by molar-refractivity contribution is 7.14. The number of thiazole rings is 1. The fourth-order valence-electron chi connectivity index (χ4n) is 2.80. The lowest BCUT2D eigenvalue weighted by Gasteiger charge is -1.97. The molecule has 0 aliphatic rings. The van der Waals surface area contributed by atoms with Gasteiger partial charge in [-0.1, -0.05) is 36.4 Å². The Hall–Kier alpha value is -3.38. The molecule has 26 heavy (non-hydrogen) atoms. The van der Waals surface area contributed by atoms with Crippen LogP contribution < -0.4 is 5.32 Å². The summed E-state index contributed by atoms with van der Waals surface area (Å²) in [7, 11) is 0. The van der Waals surface area contributed by atoms with Crippen LogP contribution in [0, 0.1) is 0 Å². The average molecular weight is 360 g/mol. The molecule has 5 nitrogen and oxygen atoms in total. The molecule has 0 saturated heterocycles. The number of anilines is 1. The van der Waals surface area contributed by atoms with Gasteiger partial charge < -0.3 is 8.83 Å². The molecule has 126 valence electrons. The minimum Gasteiger partial charge on any atom is -0.454 e. The van der Waals surface area contributed by atoms with Gasteiger partial charge in [0, 0.05) is 16.2 Å². The van der Waals surface area contributed by atoms with Crippen molar-refractivity contribution in [3.05, 3.63) is 71.8 Å². The quantitative estimate of drug-likeness (QED) is 0.458. The third-order valence-corrected chi connectivity index (χ3v) is 4.81. The minimum atomic E-state index is -0.327. The van der Waals surface area contributed by atoms with Crippen molar-refractivity contribution in [1.29, 1.82) is 0 Å². The number of hydrogen-bond acceptors (Lipinski definition) is 5. The molecule has 0 atom stereocenters. The van der Waals surface area contributed by atoms with Crippen LogP contribution in [0.5, 0.6) is 0 Å². The lowest BCUT2D eigenvalue weighted by molar-refractivity contribution is 0.0998. The van der Waals surface area contributed by atoms with Crippen molar-refractivity contribution in [2.24, 2.45) is 0 Å². The third-order valence-electron chi connectivity index (χ3n) is 4.05. The zero-order valence-electron chi connectivity index (χ0n) is 13.4.